The lowest BCUT2D eigenvalue weighted by molar-refractivity contribution is -0.126. The number of benzene rings is 1. The van der Waals surface area contributed by atoms with Gasteiger partial charge in [0.05, 0.1) is 12.6 Å². The Morgan fingerprint density at radius 1 is 1.36 bits per heavy atom. The van der Waals surface area contributed by atoms with Crippen LogP contribution in [-0.2, 0) is 9.59 Å². The summed E-state index contributed by atoms with van der Waals surface area (Å²) in [7, 11) is 0. The summed E-state index contributed by atoms with van der Waals surface area (Å²) in [5, 5.41) is 8.64. The SMILES string of the molecule is Cc1cc(Br)ccc1NC(=O)CNC(=O)C1CCCCN1.Cl. The Balaban J connectivity index is 0.00000242. The molecule has 1 unspecified atom stereocenters. The van der Waals surface area contributed by atoms with Crippen LogP contribution in [0.4, 0.5) is 5.69 Å². The van der Waals surface area contributed by atoms with E-state index in [4.69, 9.17) is 0 Å². The van der Waals surface area contributed by atoms with Crippen LogP contribution in [0.3, 0.4) is 0 Å². The Labute approximate surface area is 145 Å². The van der Waals surface area contributed by atoms with Gasteiger partial charge in [-0.3, -0.25) is 9.59 Å². The fourth-order valence-corrected chi connectivity index (χ4v) is 2.80. The molecule has 1 aromatic carbocycles. The molecule has 5 nitrogen and oxygen atoms in total. The lowest BCUT2D eigenvalue weighted by Crippen LogP contribution is -2.48. The predicted octanol–water partition coefficient (Wildman–Crippen LogP) is 2.38. The summed E-state index contributed by atoms with van der Waals surface area (Å²) in [6.07, 6.45) is 2.99. The van der Waals surface area contributed by atoms with Gasteiger partial charge in [0.25, 0.3) is 0 Å². The summed E-state index contributed by atoms with van der Waals surface area (Å²) >= 11 is 3.38. The number of carbonyl (C=O) groups excluding carboxylic acids is 2. The Bertz CT molecular complexity index is 534. The highest BCUT2D eigenvalue weighted by molar-refractivity contribution is 9.10. The number of hydrogen-bond acceptors (Lipinski definition) is 3. The number of hydrogen-bond donors (Lipinski definition) is 3. The maximum absolute atomic E-state index is 11.9. The van der Waals surface area contributed by atoms with Crippen molar-refractivity contribution >= 4 is 45.8 Å². The number of nitrogens with one attached hydrogen (secondary N) is 3. The molecular weight excluding hydrogens is 370 g/mol. The third-order valence-electron chi connectivity index (χ3n) is 3.51. The van der Waals surface area contributed by atoms with Crippen molar-refractivity contribution in [3.05, 3.63) is 28.2 Å². The van der Waals surface area contributed by atoms with Gasteiger partial charge in [0.1, 0.15) is 0 Å². The molecule has 122 valence electrons. The van der Waals surface area contributed by atoms with E-state index in [0.717, 1.165) is 41.5 Å². The van der Waals surface area contributed by atoms with Crippen molar-refractivity contribution in [2.24, 2.45) is 0 Å². The minimum absolute atomic E-state index is 0. The van der Waals surface area contributed by atoms with Crippen molar-refractivity contribution in [1.29, 1.82) is 0 Å². The molecule has 0 aliphatic carbocycles. The molecule has 0 saturated carbocycles. The lowest BCUT2D eigenvalue weighted by Gasteiger charge is -2.22. The largest absolute Gasteiger partial charge is 0.346 e. The van der Waals surface area contributed by atoms with Gasteiger partial charge in [-0.1, -0.05) is 22.4 Å². The van der Waals surface area contributed by atoms with Crippen LogP contribution >= 0.6 is 28.3 Å². The molecule has 0 bridgehead atoms. The van der Waals surface area contributed by atoms with Gasteiger partial charge in [-0.15, -0.1) is 12.4 Å². The van der Waals surface area contributed by atoms with Gasteiger partial charge in [0.15, 0.2) is 0 Å². The highest BCUT2D eigenvalue weighted by Crippen LogP contribution is 2.19. The van der Waals surface area contributed by atoms with Crippen LogP contribution in [0.2, 0.25) is 0 Å². The molecule has 1 aliphatic heterocycles. The van der Waals surface area contributed by atoms with E-state index in [9.17, 15) is 9.59 Å². The zero-order valence-electron chi connectivity index (χ0n) is 12.4. The molecule has 7 heteroatoms. The van der Waals surface area contributed by atoms with E-state index in [0.29, 0.717) is 0 Å². The molecule has 3 N–H and O–H groups in total. The first-order valence-electron chi connectivity index (χ1n) is 7.13. The number of carbonyl (C=O) groups is 2. The molecule has 0 aromatic heterocycles. The molecule has 2 rings (SSSR count). The van der Waals surface area contributed by atoms with E-state index in [1.54, 1.807) is 0 Å². The summed E-state index contributed by atoms with van der Waals surface area (Å²) in [6, 6.07) is 5.47. The number of halogens is 2. The maximum atomic E-state index is 11.9. The van der Waals surface area contributed by atoms with Crippen LogP contribution in [0.25, 0.3) is 0 Å². The van der Waals surface area contributed by atoms with Crippen molar-refractivity contribution < 1.29 is 9.59 Å². The van der Waals surface area contributed by atoms with Crippen LogP contribution in [0.5, 0.6) is 0 Å². The standard InChI is InChI=1S/C15H20BrN3O2.ClH/c1-10-8-11(16)5-6-12(10)19-14(20)9-18-15(21)13-4-2-3-7-17-13;/h5-6,8,13,17H,2-4,7,9H2,1H3,(H,18,21)(H,19,20);1H. The molecule has 1 atom stereocenters. The molecular formula is C15H21BrClN3O2. The highest BCUT2D eigenvalue weighted by Gasteiger charge is 2.20. The second kappa shape index (κ2) is 9.12. The lowest BCUT2D eigenvalue weighted by atomic mass is 10.0. The average Bonchev–Trinajstić information content (AvgIpc) is 2.48. The van der Waals surface area contributed by atoms with Gasteiger partial charge in [-0.25, -0.2) is 0 Å². The normalized spacial score (nSPS) is 17.3. The average molecular weight is 391 g/mol. The van der Waals surface area contributed by atoms with Crippen LogP contribution in [-0.4, -0.2) is 30.9 Å². The van der Waals surface area contributed by atoms with Crippen molar-refractivity contribution in [1.82, 2.24) is 10.6 Å². The molecule has 1 fully saturated rings. The number of aryl methyl sites for hydroxylation is 1. The first-order chi connectivity index (χ1) is 10.1. The van der Waals surface area contributed by atoms with E-state index < -0.39 is 0 Å². The second-order valence-corrected chi connectivity index (χ2v) is 6.14. The van der Waals surface area contributed by atoms with E-state index in [-0.39, 0.29) is 36.8 Å². The summed E-state index contributed by atoms with van der Waals surface area (Å²) in [5.74, 6) is -0.318. The molecule has 2 amide bonds. The van der Waals surface area contributed by atoms with Crippen molar-refractivity contribution in [2.75, 3.05) is 18.4 Å². The third-order valence-corrected chi connectivity index (χ3v) is 4.01. The molecule has 1 aliphatic rings. The highest BCUT2D eigenvalue weighted by atomic mass is 79.9. The Kier molecular flexibility index (Phi) is 7.85. The molecule has 1 heterocycles. The first kappa shape index (κ1) is 18.9. The maximum Gasteiger partial charge on any atom is 0.243 e. The van der Waals surface area contributed by atoms with Crippen LogP contribution in [0, 0.1) is 6.92 Å². The monoisotopic (exact) mass is 389 g/mol. The zero-order chi connectivity index (χ0) is 15.2. The number of piperidine rings is 1. The summed E-state index contributed by atoms with van der Waals surface area (Å²) in [6.45, 7) is 2.78. The fraction of sp³-hybridized carbons (Fsp3) is 0.467. The Morgan fingerprint density at radius 3 is 2.77 bits per heavy atom. The summed E-state index contributed by atoms with van der Waals surface area (Å²) in [4.78, 5) is 23.8. The van der Waals surface area contributed by atoms with Gasteiger partial charge in [-0.2, -0.15) is 0 Å². The number of rotatable bonds is 4. The molecule has 0 spiro atoms. The van der Waals surface area contributed by atoms with Gasteiger partial charge >= 0.3 is 0 Å². The van der Waals surface area contributed by atoms with Crippen LogP contribution < -0.4 is 16.0 Å². The predicted molar refractivity (Wildman–Crippen MR) is 93.4 cm³/mol. The van der Waals surface area contributed by atoms with E-state index in [1.807, 2.05) is 25.1 Å². The smallest absolute Gasteiger partial charge is 0.243 e. The number of anilines is 1. The van der Waals surface area contributed by atoms with Gasteiger partial charge in [0.2, 0.25) is 11.8 Å². The summed E-state index contributed by atoms with van der Waals surface area (Å²) in [5.41, 5.74) is 1.73. The second-order valence-electron chi connectivity index (χ2n) is 5.23. The van der Waals surface area contributed by atoms with Crippen molar-refractivity contribution in [2.45, 2.75) is 32.2 Å². The molecule has 1 aromatic rings. The third kappa shape index (κ3) is 5.59. The number of amides is 2. The van der Waals surface area contributed by atoms with E-state index >= 15 is 0 Å². The summed E-state index contributed by atoms with van der Waals surface area (Å²) < 4.78 is 0.967. The fourth-order valence-electron chi connectivity index (χ4n) is 2.33. The Morgan fingerprint density at radius 2 is 2.14 bits per heavy atom. The minimum Gasteiger partial charge on any atom is -0.346 e. The van der Waals surface area contributed by atoms with Crippen LogP contribution in [0.1, 0.15) is 24.8 Å². The van der Waals surface area contributed by atoms with E-state index in [1.165, 1.54) is 0 Å². The van der Waals surface area contributed by atoms with Crippen molar-refractivity contribution in [3.8, 4) is 0 Å². The van der Waals surface area contributed by atoms with Crippen LogP contribution in [0.15, 0.2) is 22.7 Å². The molecule has 22 heavy (non-hydrogen) atoms. The topological polar surface area (TPSA) is 70.2 Å². The van der Waals surface area contributed by atoms with E-state index in [2.05, 4.69) is 31.9 Å². The Hall–Kier alpha value is -1.11. The zero-order valence-corrected chi connectivity index (χ0v) is 14.9. The van der Waals surface area contributed by atoms with Crippen molar-refractivity contribution in [3.63, 3.8) is 0 Å². The van der Waals surface area contributed by atoms with Gasteiger partial charge < -0.3 is 16.0 Å². The van der Waals surface area contributed by atoms with Gasteiger partial charge in [-0.05, 0) is 50.1 Å². The first-order valence-corrected chi connectivity index (χ1v) is 7.92. The molecule has 0 radical (unpaired) electrons. The minimum atomic E-state index is -0.218. The quantitative estimate of drug-likeness (QED) is 0.739. The van der Waals surface area contributed by atoms with Gasteiger partial charge in [0, 0.05) is 10.2 Å². The molecule has 1 saturated heterocycles.